The third-order valence-corrected chi connectivity index (χ3v) is 4.31. The fraction of sp³-hybridized carbons (Fsp3) is 0.533. The van der Waals surface area contributed by atoms with Crippen LogP contribution in [0.25, 0.3) is 0 Å². The second kappa shape index (κ2) is 5.51. The van der Waals surface area contributed by atoms with Gasteiger partial charge < -0.3 is 10.1 Å². The molecule has 1 heterocycles. The van der Waals surface area contributed by atoms with E-state index in [9.17, 15) is 4.79 Å². The Bertz CT molecular complexity index is 481. The van der Waals surface area contributed by atoms with E-state index in [0.717, 1.165) is 49.1 Å². The van der Waals surface area contributed by atoms with Crippen LogP contribution in [0.15, 0.2) is 18.2 Å². The lowest BCUT2D eigenvalue weighted by molar-refractivity contribution is 0.0782. The fourth-order valence-electron chi connectivity index (χ4n) is 3.22. The van der Waals surface area contributed by atoms with Crippen molar-refractivity contribution in [3.8, 4) is 5.75 Å². The molecule has 3 nitrogen and oxygen atoms in total. The number of methoxy groups -OCH3 is 1. The standard InChI is InChI=1S/C15H19NO2.ClH/c1-18-12-4-5-13-11(10-12)6-8-15(14(13)17)7-2-3-9-16-15;/h4-5,10,16H,2-3,6-9H2,1H3;1H. The van der Waals surface area contributed by atoms with Crippen molar-refractivity contribution in [2.75, 3.05) is 13.7 Å². The lowest BCUT2D eigenvalue weighted by Crippen LogP contribution is -2.56. The maximum absolute atomic E-state index is 12.7. The summed E-state index contributed by atoms with van der Waals surface area (Å²) in [4.78, 5) is 12.7. The molecule has 104 valence electrons. The molecule has 1 spiro atoms. The van der Waals surface area contributed by atoms with Gasteiger partial charge in [0.15, 0.2) is 5.78 Å². The minimum atomic E-state index is -0.278. The number of rotatable bonds is 1. The van der Waals surface area contributed by atoms with Crippen LogP contribution in [0.5, 0.6) is 5.75 Å². The summed E-state index contributed by atoms with van der Waals surface area (Å²) in [5, 5.41) is 3.47. The quantitative estimate of drug-likeness (QED) is 0.860. The van der Waals surface area contributed by atoms with Gasteiger partial charge in [0.2, 0.25) is 0 Å². The summed E-state index contributed by atoms with van der Waals surface area (Å²) in [5.74, 6) is 1.13. The van der Waals surface area contributed by atoms with Gasteiger partial charge in [-0.2, -0.15) is 0 Å². The Balaban J connectivity index is 0.00000133. The lowest BCUT2D eigenvalue weighted by Gasteiger charge is -2.40. The van der Waals surface area contributed by atoms with E-state index in [-0.39, 0.29) is 23.7 Å². The van der Waals surface area contributed by atoms with E-state index >= 15 is 0 Å². The summed E-state index contributed by atoms with van der Waals surface area (Å²) in [6.45, 7) is 0.969. The van der Waals surface area contributed by atoms with Crippen molar-refractivity contribution in [3.63, 3.8) is 0 Å². The summed E-state index contributed by atoms with van der Waals surface area (Å²) in [6, 6.07) is 5.81. The summed E-state index contributed by atoms with van der Waals surface area (Å²) >= 11 is 0. The van der Waals surface area contributed by atoms with Crippen LogP contribution >= 0.6 is 12.4 Å². The average Bonchev–Trinajstić information content (AvgIpc) is 2.44. The van der Waals surface area contributed by atoms with Crippen molar-refractivity contribution in [2.24, 2.45) is 0 Å². The maximum Gasteiger partial charge on any atom is 0.183 e. The number of hydrogen-bond acceptors (Lipinski definition) is 3. The van der Waals surface area contributed by atoms with E-state index in [1.807, 2.05) is 18.2 Å². The zero-order chi connectivity index (χ0) is 12.6. The molecular formula is C15H20ClNO2. The molecule has 1 aromatic carbocycles. The van der Waals surface area contributed by atoms with Gasteiger partial charge in [-0.25, -0.2) is 0 Å². The van der Waals surface area contributed by atoms with Gasteiger partial charge in [-0.3, -0.25) is 4.79 Å². The van der Waals surface area contributed by atoms with E-state index in [2.05, 4.69) is 5.32 Å². The van der Waals surface area contributed by atoms with E-state index < -0.39 is 0 Å². The number of carbonyl (C=O) groups excluding carboxylic acids is 1. The number of fused-ring (bicyclic) bond motifs is 1. The molecule has 0 amide bonds. The largest absolute Gasteiger partial charge is 0.497 e. The minimum absolute atomic E-state index is 0. The maximum atomic E-state index is 12.7. The Kier molecular flexibility index (Phi) is 4.16. The number of ether oxygens (including phenoxy) is 1. The topological polar surface area (TPSA) is 38.3 Å². The summed E-state index contributed by atoms with van der Waals surface area (Å²) in [6.07, 6.45) is 5.21. The number of halogens is 1. The number of carbonyl (C=O) groups is 1. The van der Waals surface area contributed by atoms with Crippen molar-refractivity contribution < 1.29 is 9.53 Å². The van der Waals surface area contributed by atoms with Gasteiger partial charge >= 0.3 is 0 Å². The zero-order valence-electron chi connectivity index (χ0n) is 11.2. The van der Waals surface area contributed by atoms with Gasteiger partial charge in [-0.15, -0.1) is 12.4 Å². The number of hydrogen-bond donors (Lipinski definition) is 1. The summed E-state index contributed by atoms with van der Waals surface area (Å²) in [5.41, 5.74) is 1.74. The molecule has 19 heavy (non-hydrogen) atoms. The second-order valence-electron chi connectivity index (χ2n) is 5.32. The molecule has 2 aliphatic rings. The molecule has 0 aromatic heterocycles. The Labute approximate surface area is 120 Å². The number of aryl methyl sites for hydroxylation is 1. The number of ketones is 1. The molecule has 1 aliphatic heterocycles. The molecule has 0 saturated carbocycles. The molecule has 1 unspecified atom stereocenters. The van der Waals surface area contributed by atoms with E-state index in [0.29, 0.717) is 0 Å². The second-order valence-corrected chi connectivity index (χ2v) is 5.32. The Morgan fingerprint density at radius 3 is 2.79 bits per heavy atom. The molecule has 1 aromatic rings. The third-order valence-electron chi connectivity index (χ3n) is 4.31. The molecule has 1 atom stereocenters. The molecule has 1 fully saturated rings. The van der Waals surface area contributed by atoms with Gasteiger partial charge in [-0.05, 0) is 62.4 Å². The molecule has 4 heteroatoms. The Morgan fingerprint density at radius 1 is 1.26 bits per heavy atom. The van der Waals surface area contributed by atoms with E-state index in [4.69, 9.17) is 4.74 Å². The Hall–Kier alpha value is -1.06. The van der Waals surface area contributed by atoms with Gasteiger partial charge in [0.1, 0.15) is 5.75 Å². The van der Waals surface area contributed by atoms with Crippen molar-refractivity contribution in [1.29, 1.82) is 0 Å². The highest BCUT2D eigenvalue weighted by molar-refractivity contribution is 6.05. The highest BCUT2D eigenvalue weighted by atomic mass is 35.5. The summed E-state index contributed by atoms with van der Waals surface area (Å²) in [7, 11) is 1.66. The predicted octanol–water partition coefficient (Wildman–Crippen LogP) is 2.76. The zero-order valence-corrected chi connectivity index (χ0v) is 12.0. The van der Waals surface area contributed by atoms with Crippen molar-refractivity contribution in [3.05, 3.63) is 29.3 Å². The number of Topliss-reactive ketones (excluding diaryl/α,β-unsaturated/α-hetero) is 1. The van der Waals surface area contributed by atoms with Crippen LogP contribution in [0.2, 0.25) is 0 Å². The van der Waals surface area contributed by atoms with Crippen LogP contribution in [0.3, 0.4) is 0 Å². The predicted molar refractivity (Wildman–Crippen MR) is 77.5 cm³/mol. The first-order chi connectivity index (χ1) is 8.75. The number of nitrogens with one attached hydrogen (secondary N) is 1. The molecule has 1 aliphatic carbocycles. The summed E-state index contributed by atoms with van der Waals surface area (Å²) < 4.78 is 5.23. The first-order valence-electron chi connectivity index (χ1n) is 6.72. The van der Waals surface area contributed by atoms with Crippen LogP contribution in [-0.2, 0) is 6.42 Å². The number of piperidine rings is 1. The SMILES string of the molecule is COc1ccc2c(c1)CCC1(CCCCN1)C2=O.Cl. The molecule has 0 radical (unpaired) electrons. The molecule has 3 rings (SSSR count). The van der Waals surface area contributed by atoms with Crippen LogP contribution in [-0.4, -0.2) is 25.0 Å². The van der Waals surface area contributed by atoms with Gasteiger partial charge in [0.05, 0.1) is 12.6 Å². The van der Waals surface area contributed by atoms with Crippen LogP contribution in [0.1, 0.15) is 41.6 Å². The molecular weight excluding hydrogens is 262 g/mol. The van der Waals surface area contributed by atoms with Gasteiger partial charge in [-0.1, -0.05) is 0 Å². The van der Waals surface area contributed by atoms with E-state index in [1.54, 1.807) is 7.11 Å². The van der Waals surface area contributed by atoms with E-state index in [1.165, 1.54) is 6.42 Å². The van der Waals surface area contributed by atoms with Crippen LogP contribution in [0.4, 0.5) is 0 Å². The lowest BCUT2D eigenvalue weighted by atomic mass is 9.72. The Morgan fingerprint density at radius 2 is 2.11 bits per heavy atom. The highest BCUT2D eigenvalue weighted by Crippen LogP contribution is 2.35. The first kappa shape index (κ1) is 14.4. The molecule has 1 saturated heterocycles. The highest BCUT2D eigenvalue weighted by Gasteiger charge is 2.42. The fourth-order valence-corrected chi connectivity index (χ4v) is 3.22. The van der Waals surface area contributed by atoms with Crippen LogP contribution < -0.4 is 10.1 Å². The van der Waals surface area contributed by atoms with Gasteiger partial charge in [0, 0.05) is 5.56 Å². The molecule has 0 bridgehead atoms. The van der Waals surface area contributed by atoms with Crippen molar-refractivity contribution in [2.45, 2.75) is 37.6 Å². The van der Waals surface area contributed by atoms with Crippen LogP contribution in [0, 0.1) is 0 Å². The monoisotopic (exact) mass is 281 g/mol. The van der Waals surface area contributed by atoms with Crippen molar-refractivity contribution in [1.82, 2.24) is 5.32 Å². The smallest absolute Gasteiger partial charge is 0.183 e. The number of benzene rings is 1. The van der Waals surface area contributed by atoms with Crippen molar-refractivity contribution >= 4 is 18.2 Å². The molecule has 1 N–H and O–H groups in total. The average molecular weight is 282 g/mol. The minimum Gasteiger partial charge on any atom is -0.497 e. The third kappa shape index (κ3) is 2.37. The van der Waals surface area contributed by atoms with Gasteiger partial charge in [0.25, 0.3) is 0 Å². The normalized spacial score (nSPS) is 25.6. The first-order valence-corrected chi connectivity index (χ1v) is 6.72.